The molecule has 0 unspecified atom stereocenters. The number of rotatable bonds is 4. The van der Waals surface area contributed by atoms with Crippen molar-refractivity contribution in [2.75, 3.05) is 39.4 Å². The van der Waals surface area contributed by atoms with Crippen LogP contribution in [0.3, 0.4) is 0 Å². The number of ether oxygens (including phenoxy) is 1. The molecule has 3 nitrogen and oxygen atoms in total. The molecule has 1 heterocycles. The first-order valence-corrected chi connectivity index (χ1v) is 9.04. The number of nitrogens with zero attached hydrogens (tertiary/aromatic N) is 1. The minimum atomic E-state index is 0.223. The summed E-state index contributed by atoms with van der Waals surface area (Å²) in [4.78, 5) is 2.67. The Morgan fingerprint density at radius 1 is 0.952 bits per heavy atom. The highest BCUT2D eigenvalue weighted by atomic mass is 16.5. The summed E-state index contributed by atoms with van der Waals surface area (Å²) in [6, 6.07) is 0. The van der Waals surface area contributed by atoms with Gasteiger partial charge in [-0.3, -0.25) is 0 Å². The Bertz CT molecular complexity index is 282. The van der Waals surface area contributed by atoms with Crippen LogP contribution in [0.25, 0.3) is 0 Å². The van der Waals surface area contributed by atoms with Crippen LogP contribution in [0.5, 0.6) is 0 Å². The molecular weight excluding hydrogens is 260 g/mol. The molecule has 21 heavy (non-hydrogen) atoms. The van der Waals surface area contributed by atoms with E-state index in [4.69, 9.17) is 4.74 Å². The van der Waals surface area contributed by atoms with E-state index in [-0.39, 0.29) is 5.54 Å². The van der Waals surface area contributed by atoms with Gasteiger partial charge in [-0.2, -0.15) is 0 Å². The first kappa shape index (κ1) is 17.2. The minimum absolute atomic E-state index is 0.223. The van der Waals surface area contributed by atoms with Crippen LogP contribution in [0.4, 0.5) is 0 Å². The normalized spacial score (nSPS) is 25.3. The van der Waals surface area contributed by atoms with Crippen molar-refractivity contribution in [3.63, 3.8) is 0 Å². The van der Waals surface area contributed by atoms with Gasteiger partial charge in [-0.1, -0.05) is 25.7 Å². The van der Waals surface area contributed by atoms with Crippen molar-refractivity contribution in [1.29, 1.82) is 0 Å². The highest BCUT2D eigenvalue weighted by Gasteiger charge is 2.34. The summed E-state index contributed by atoms with van der Waals surface area (Å²) in [5, 5.41) is 3.81. The van der Waals surface area contributed by atoms with Crippen LogP contribution in [0.1, 0.15) is 65.7 Å². The molecule has 1 aliphatic heterocycles. The molecule has 0 aromatic carbocycles. The summed E-state index contributed by atoms with van der Waals surface area (Å²) in [6.45, 7) is 13.5. The Kier molecular flexibility index (Phi) is 6.51. The molecule has 2 aliphatic rings. The van der Waals surface area contributed by atoms with Gasteiger partial charge >= 0.3 is 0 Å². The molecule has 0 aromatic rings. The maximum atomic E-state index is 5.63. The van der Waals surface area contributed by atoms with E-state index in [0.717, 1.165) is 19.8 Å². The van der Waals surface area contributed by atoms with Crippen molar-refractivity contribution < 1.29 is 4.74 Å². The molecule has 0 spiro atoms. The average Bonchev–Trinajstić information content (AvgIpc) is 2.80. The molecule has 0 atom stereocenters. The second kappa shape index (κ2) is 7.94. The van der Waals surface area contributed by atoms with Gasteiger partial charge in [0.15, 0.2) is 0 Å². The third-order valence-corrected chi connectivity index (χ3v) is 5.03. The van der Waals surface area contributed by atoms with Gasteiger partial charge in [0.05, 0.1) is 6.61 Å². The fourth-order valence-electron chi connectivity index (χ4n) is 3.75. The van der Waals surface area contributed by atoms with Crippen molar-refractivity contribution >= 4 is 0 Å². The van der Waals surface area contributed by atoms with Gasteiger partial charge in [0, 0.05) is 38.3 Å². The molecule has 1 aliphatic carbocycles. The smallest absolute Gasteiger partial charge is 0.0593 e. The Labute approximate surface area is 131 Å². The van der Waals surface area contributed by atoms with Crippen LogP contribution in [0.2, 0.25) is 0 Å². The molecular formula is C18H36N2O. The molecule has 2 rings (SSSR count). The van der Waals surface area contributed by atoms with Crippen LogP contribution in [0.15, 0.2) is 0 Å². The molecule has 0 radical (unpaired) electrons. The Morgan fingerprint density at radius 3 is 2.33 bits per heavy atom. The van der Waals surface area contributed by atoms with Crippen LogP contribution < -0.4 is 5.32 Å². The molecule has 0 amide bonds. The zero-order valence-electron chi connectivity index (χ0n) is 14.5. The molecule has 3 heteroatoms. The molecule has 1 saturated carbocycles. The maximum absolute atomic E-state index is 5.63. The molecule has 0 bridgehead atoms. The van der Waals surface area contributed by atoms with Crippen molar-refractivity contribution in [2.24, 2.45) is 5.41 Å². The first-order valence-electron chi connectivity index (χ1n) is 9.04. The van der Waals surface area contributed by atoms with Gasteiger partial charge in [0.25, 0.3) is 0 Å². The van der Waals surface area contributed by atoms with Crippen LogP contribution in [0, 0.1) is 5.41 Å². The lowest BCUT2D eigenvalue weighted by molar-refractivity contribution is 0.105. The highest BCUT2D eigenvalue weighted by molar-refractivity contribution is 4.89. The predicted octanol–water partition coefficient (Wildman–Crippen LogP) is 3.44. The lowest BCUT2D eigenvalue weighted by Crippen LogP contribution is -2.49. The van der Waals surface area contributed by atoms with Crippen LogP contribution in [-0.2, 0) is 4.74 Å². The number of hydrogen-bond acceptors (Lipinski definition) is 3. The highest BCUT2D eigenvalue weighted by Crippen LogP contribution is 2.36. The Hall–Kier alpha value is -0.120. The second-order valence-electron chi connectivity index (χ2n) is 8.26. The van der Waals surface area contributed by atoms with Crippen molar-refractivity contribution in [2.45, 2.75) is 71.3 Å². The average molecular weight is 296 g/mol. The van der Waals surface area contributed by atoms with E-state index in [9.17, 15) is 0 Å². The standard InChI is InChI=1S/C18H36N2O/c1-17(2,3)19-15-18(9-6-4-5-7-10-18)16-20-11-8-13-21-14-12-20/h19H,4-16H2,1-3H3. The van der Waals surface area contributed by atoms with Gasteiger partial charge in [0.1, 0.15) is 0 Å². The van der Waals surface area contributed by atoms with E-state index < -0.39 is 0 Å². The second-order valence-corrected chi connectivity index (χ2v) is 8.26. The largest absolute Gasteiger partial charge is 0.380 e. The zero-order valence-corrected chi connectivity index (χ0v) is 14.5. The molecule has 0 aromatic heterocycles. The number of nitrogens with one attached hydrogen (secondary N) is 1. The third kappa shape index (κ3) is 6.25. The fraction of sp³-hybridized carbons (Fsp3) is 1.00. The predicted molar refractivity (Wildman–Crippen MR) is 89.8 cm³/mol. The van der Waals surface area contributed by atoms with E-state index in [0.29, 0.717) is 5.41 Å². The monoisotopic (exact) mass is 296 g/mol. The summed E-state index contributed by atoms with van der Waals surface area (Å²) in [6.07, 6.45) is 9.68. The van der Waals surface area contributed by atoms with Crippen LogP contribution in [-0.4, -0.2) is 49.8 Å². The summed E-state index contributed by atoms with van der Waals surface area (Å²) in [7, 11) is 0. The lowest BCUT2D eigenvalue weighted by atomic mass is 9.79. The maximum Gasteiger partial charge on any atom is 0.0593 e. The Morgan fingerprint density at radius 2 is 1.67 bits per heavy atom. The fourth-order valence-corrected chi connectivity index (χ4v) is 3.75. The zero-order chi connectivity index (χ0) is 15.2. The van der Waals surface area contributed by atoms with Crippen LogP contribution >= 0.6 is 0 Å². The third-order valence-electron chi connectivity index (χ3n) is 5.03. The molecule has 124 valence electrons. The van der Waals surface area contributed by atoms with Gasteiger partial charge in [-0.25, -0.2) is 0 Å². The van der Waals surface area contributed by atoms with E-state index >= 15 is 0 Å². The summed E-state index contributed by atoms with van der Waals surface area (Å²) in [5.74, 6) is 0. The van der Waals surface area contributed by atoms with Gasteiger partial charge in [-0.05, 0) is 45.4 Å². The summed E-state index contributed by atoms with van der Waals surface area (Å²) < 4.78 is 5.63. The van der Waals surface area contributed by atoms with Crippen molar-refractivity contribution in [1.82, 2.24) is 10.2 Å². The first-order chi connectivity index (χ1) is 9.99. The topological polar surface area (TPSA) is 24.5 Å². The van der Waals surface area contributed by atoms with Gasteiger partial charge in [-0.15, -0.1) is 0 Å². The molecule has 2 fully saturated rings. The lowest BCUT2D eigenvalue weighted by Gasteiger charge is -2.40. The van der Waals surface area contributed by atoms with E-state index in [1.165, 1.54) is 64.6 Å². The van der Waals surface area contributed by atoms with Gasteiger partial charge in [0.2, 0.25) is 0 Å². The van der Waals surface area contributed by atoms with Crippen molar-refractivity contribution in [3.05, 3.63) is 0 Å². The summed E-state index contributed by atoms with van der Waals surface area (Å²) >= 11 is 0. The van der Waals surface area contributed by atoms with E-state index in [1.54, 1.807) is 0 Å². The SMILES string of the molecule is CC(C)(C)NCC1(CN2CCCOCC2)CCCCCC1. The van der Waals surface area contributed by atoms with E-state index in [1.807, 2.05) is 0 Å². The van der Waals surface area contributed by atoms with E-state index in [2.05, 4.69) is 31.0 Å². The van der Waals surface area contributed by atoms with Gasteiger partial charge < -0.3 is 15.0 Å². The Balaban J connectivity index is 1.99. The quantitative estimate of drug-likeness (QED) is 0.804. The number of hydrogen-bond donors (Lipinski definition) is 1. The molecule has 1 saturated heterocycles. The minimum Gasteiger partial charge on any atom is -0.380 e. The summed E-state index contributed by atoms with van der Waals surface area (Å²) in [5.41, 5.74) is 0.704. The van der Waals surface area contributed by atoms with Crippen molar-refractivity contribution in [3.8, 4) is 0 Å². The molecule has 1 N–H and O–H groups in total.